The van der Waals surface area contributed by atoms with E-state index < -0.39 is 0 Å². The molecule has 7 rings (SSSR count). The maximum Gasteiger partial charge on any atom is 0.346 e. The number of aromatic nitrogens is 1. The zero-order valence-corrected chi connectivity index (χ0v) is 22.6. The Kier molecular flexibility index (Phi) is 6.74. The monoisotopic (exact) mass is 540 g/mol. The molecular formula is C33H30N7O. The molecule has 4 heterocycles. The highest BCUT2D eigenvalue weighted by Gasteiger charge is 2.30. The Morgan fingerprint density at radius 3 is 2.68 bits per heavy atom. The first-order valence-corrected chi connectivity index (χ1v) is 14.0. The fourth-order valence-corrected chi connectivity index (χ4v) is 6.18. The third-order valence-electron chi connectivity index (χ3n) is 8.07. The van der Waals surface area contributed by atoms with Gasteiger partial charge in [0.05, 0.1) is 29.1 Å². The number of pyridine rings is 1. The predicted octanol–water partition coefficient (Wildman–Crippen LogP) is 6.11. The van der Waals surface area contributed by atoms with Gasteiger partial charge in [-0.3, -0.25) is 9.98 Å². The minimum Gasteiger partial charge on any atom is -0.314 e. The summed E-state index contributed by atoms with van der Waals surface area (Å²) in [6, 6.07) is 27.2. The predicted molar refractivity (Wildman–Crippen MR) is 164 cm³/mol. The van der Waals surface area contributed by atoms with Crippen LogP contribution in [0.25, 0.3) is 22.4 Å². The number of nitrogens with zero attached hydrogens (tertiary/aromatic N) is 5. The van der Waals surface area contributed by atoms with Crippen LogP contribution >= 0.6 is 0 Å². The summed E-state index contributed by atoms with van der Waals surface area (Å²) >= 11 is 0. The number of piperidine rings is 1. The number of amides is 2. The second-order valence-electron chi connectivity index (χ2n) is 10.6. The van der Waals surface area contributed by atoms with E-state index in [2.05, 4.69) is 85.4 Å². The van der Waals surface area contributed by atoms with E-state index in [4.69, 9.17) is 4.98 Å². The topological polar surface area (TPSA) is 96.1 Å². The van der Waals surface area contributed by atoms with Crippen LogP contribution in [0.1, 0.15) is 29.9 Å². The van der Waals surface area contributed by atoms with E-state index in [9.17, 15) is 4.79 Å². The third kappa shape index (κ3) is 5.10. The first-order chi connectivity index (χ1) is 20.2. The largest absolute Gasteiger partial charge is 0.346 e. The van der Waals surface area contributed by atoms with Gasteiger partial charge in [-0.15, -0.1) is 0 Å². The van der Waals surface area contributed by atoms with Gasteiger partial charge in [0.15, 0.2) is 0 Å². The quantitative estimate of drug-likeness (QED) is 0.308. The van der Waals surface area contributed by atoms with Gasteiger partial charge in [-0.25, -0.2) is 9.79 Å². The maximum absolute atomic E-state index is 12.0. The summed E-state index contributed by atoms with van der Waals surface area (Å²) < 4.78 is 0. The maximum atomic E-state index is 12.0. The van der Waals surface area contributed by atoms with Gasteiger partial charge in [-0.1, -0.05) is 48.5 Å². The van der Waals surface area contributed by atoms with Gasteiger partial charge in [0.25, 0.3) is 0 Å². The highest BCUT2D eigenvalue weighted by Crippen LogP contribution is 2.41. The number of fused-ring (bicyclic) bond motifs is 1. The highest BCUT2D eigenvalue weighted by atomic mass is 16.2. The van der Waals surface area contributed by atoms with Crippen LogP contribution in [0, 0.1) is 0 Å². The van der Waals surface area contributed by atoms with Crippen LogP contribution < -0.4 is 20.9 Å². The van der Waals surface area contributed by atoms with Crippen molar-refractivity contribution in [2.24, 2.45) is 9.98 Å². The van der Waals surface area contributed by atoms with Crippen LogP contribution in [0.3, 0.4) is 0 Å². The molecule has 0 bridgehead atoms. The van der Waals surface area contributed by atoms with E-state index in [-0.39, 0.29) is 12.1 Å². The second kappa shape index (κ2) is 11.0. The van der Waals surface area contributed by atoms with Gasteiger partial charge in [0, 0.05) is 17.8 Å². The summed E-state index contributed by atoms with van der Waals surface area (Å²) in [5, 5.41) is 10.9. The van der Waals surface area contributed by atoms with Crippen LogP contribution in [0.5, 0.6) is 0 Å². The summed E-state index contributed by atoms with van der Waals surface area (Å²) in [6.07, 6.45) is 8.09. The molecular weight excluding hydrogens is 510 g/mol. The summed E-state index contributed by atoms with van der Waals surface area (Å²) in [5.74, 6) is 0.324. The molecule has 2 N–H and O–H groups in total. The Labute approximate surface area is 239 Å². The SMILES string of the molecule is O=C1[N]c2c(cccc2C2CCNC(Cc3cc(-c4ccccn4)c(N4C=NC=NC4)cc3-c3ccccc3)C2)N1. The van der Waals surface area contributed by atoms with Crippen molar-refractivity contribution >= 4 is 35.8 Å². The molecule has 8 heteroatoms. The lowest BCUT2D eigenvalue weighted by Gasteiger charge is -2.32. The van der Waals surface area contributed by atoms with E-state index in [1.54, 1.807) is 6.34 Å². The Bertz CT molecular complexity index is 1630. The number of benzene rings is 3. The molecule has 3 aliphatic rings. The van der Waals surface area contributed by atoms with Gasteiger partial charge < -0.3 is 15.5 Å². The molecule has 3 aromatic carbocycles. The number of hydrogen-bond acceptors (Lipinski definition) is 6. The minimum absolute atomic E-state index is 0.265. The van der Waals surface area contributed by atoms with Crippen LogP contribution in [0.2, 0.25) is 0 Å². The number of urea groups is 1. The van der Waals surface area contributed by atoms with Crippen molar-refractivity contribution in [2.75, 3.05) is 23.4 Å². The summed E-state index contributed by atoms with van der Waals surface area (Å²) in [4.78, 5) is 27.5. The molecule has 1 aromatic heterocycles. The molecule has 2 amide bonds. The molecule has 3 aliphatic heterocycles. The van der Waals surface area contributed by atoms with Crippen molar-refractivity contribution < 1.29 is 4.79 Å². The fourth-order valence-electron chi connectivity index (χ4n) is 6.18. The molecule has 4 aromatic rings. The molecule has 0 aliphatic carbocycles. The van der Waals surface area contributed by atoms with Crippen molar-refractivity contribution in [3.05, 3.63) is 96.2 Å². The Morgan fingerprint density at radius 2 is 1.85 bits per heavy atom. The molecule has 1 saturated heterocycles. The molecule has 8 nitrogen and oxygen atoms in total. The Balaban J connectivity index is 1.27. The van der Waals surface area contributed by atoms with Gasteiger partial charge >= 0.3 is 6.03 Å². The van der Waals surface area contributed by atoms with E-state index in [0.29, 0.717) is 12.6 Å². The van der Waals surface area contributed by atoms with Crippen LogP contribution in [-0.2, 0) is 6.42 Å². The summed E-state index contributed by atoms with van der Waals surface area (Å²) in [7, 11) is 0. The normalized spacial score (nSPS) is 19.5. The van der Waals surface area contributed by atoms with Crippen LogP contribution in [0.4, 0.5) is 21.9 Å². The second-order valence-corrected chi connectivity index (χ2v) is 10.6. The molecule has 0 spiro atoms. The Morgan fingerprint density at radius 1 is 0.951 bits per heavy atom. The molecule has 1 fully saturated rings. The average molecular weight is 541 g/mol. The average Bonchev–Trinajstić information content (AvgIpc) is 3.42. The summed E-state index contributed by atoms with van der Waals surface area (Å²) in [5.41, 5.74) is 9.40. The standard InChI is InChI=1S/C33H30N7O/c41-33-38-30-11-6-9-26(32(30)39-33)23-12-14-36-25(15-23)16-24-17-28(29-10-4-5-13-37-29)31(40-20-34-19-35-21-40)18-27(24)22-7-2-1-3-8-22/h1-11,13,17-20,23,25,36H,12,14-16,21H2,(H,38,41). The van der Waals surface area contributed by atoms with E-state index in [1.165, 1.54) is 16.7 Å². The summed E-state index contributed by atoms with van der Waals surface area (Å²) in [6.45, 7) is 1.42. The number of anilines is 2. The van der Waals surface area contributed by atoms with Crippen molar-refractivity contribution in [1.82, 2.24) is 15.6 Å². The van der Waals surface area contributed by atoms with Gasteiger partial charge in [0.1, 0.15) is 13.0 Å². The lowest BCUT2D eigenvalue weighted by Crippen LogP contribution is -2.39. The lowest BCUT2D eigenvalue weighted by molar-refractivity contribution is 0.256. The molecule has 2 unspecified atom stereocenters. The van der Waals surface area contributed by atoms with Crippen LogP contribution in [-0.4, -0.2) is 42.9 Å². The smallest absolute Gasteiger partial charge is 0.314 e. The van der Waals surface area contributed by atoms with Crippen molar-refractivity contribution in [3.63, 3.8) is 0 Å². The lowest BCUT2D eigenvalue weighted by atomic mass is 9.82. The molecule has 1 radical (unpaired) electrons. The molecule has 203 valence electrons. The number of hydrogen-bond donors (Lipinski definition) is 2. The zero-order valence-electron chi connectivity index (χ0n) is 22.6. The molecule has 0 saturated carbocycles. The number of para-hydroxylation sites is 1. The Hall–Kier alpha value is -4.82. The van der Waals surface area contributed by atoms with Crippen LogP contribution in [0.15, 0.2) is 95.0 Å². The van der Waals surface area contributed by atoms with Gasteiger partial charge in [-0.2, -0.15) is 5.32 Å². The third-order valence-corrected chi connectivity index (χ3v) is 8.07. The van der Waals surface area contributed by atoms with Crippen molar-refractivity contribution in [1.29, 1.82) is 0 Å². The van der Waals surface area contributed by atoms with Crippen molar-refractivity contribution in [3.8, 4) is 22.4 Å². The fraction of sp³-hybridized carbons (Fsp3) is 0.212. The highest BCUT2D eigenvalue weighted by molar-refractivity contribution is 6.03. The van der Waals surface area contributed by atoms with Gasteiger partial charge in [-0.05, 0) is 84.3 Å². The first-order valence-electron chi connectivity index (χ1n) is 14.0. The number of nitrogens with one attached hydrogen (secondary N) is 2. The number of rotatable bonds is 6. The molecule has 2 atom stereocenters. The van der Waals surface area contributed by atoms with Crippen molar-refractivity contribution in [2.45, 2.75) is 31.2 Å². The zero-order chi connectivity index (χ0) is 27.6. The number of aliphatic imine (C=N–C) groups is 2. The number of carbonyl (C=O) groups is 1. The van der Waals surface area contributed by atoms with E-state index in [0.717, 1.165) is 59.7 Å². The number of carbonyl (C=O) groups excluding carboxylic acids is 1. The van der Waals surface area contributed by atoms with E-state index in [1.807, 2.05) is 36.8 Å². The van der Waals surface area contributed by atoms with E-state index >= 15 is 0 Å². The van der Waals surface area contributed by atoms with Gasteiger partial charge in [0.2, 0.25) is 0 Å². The minimum atomic E-state index is -0.281. The first kappa shape index (κ1) is 25.2. The molecule has 41 heavy (non-hydrogen) atoms.